The van der Waals surface area contributed by atoms with Gasteiger partial charge in [0.2, 0.25) is 0 Å². The zero-order chi connectivity index (χ0) is 8.27. The average Bonchev–Trinajstić information content (AvgIpc) is 2.05. The fourth-order valence-electron chi connectivity index (χ4n) is 0.737. The van der Waals surface area contributed by atoms with Crippen LogP contribution in [0.4, 0.5) is 0 Å². The van der Waals surface area contributed by atoms with Gasteiger partial charge in [-0.2, -0.15) is 0 Å². The molecule has 1 aromatic rings. The van der Waals surface area contributed by atoms with Gasteiger partial charge in [0.05, 0.1) is 12.7 Å². The summed E-state index contributed by atoms with van der Waals surface area (Å²) in [5.41, 5.74) is 0.582. The first-order valence-electron chi connectivity index (χ1n) is 3.18. The van der Waals surface area contributed by atoms with E-state index in [1.165, 1.54) is 7.11 Å². The molecule has 0 heterocycles. The molecule has 0 aromatic heterocycles. The van der Waals surface area contributed by atoms with Crippen LogP contribution in [0.15, 0.2) is 24.3 Å². The molecule has 0 amide bonds. The van der Waals surface area contributed by atoms with Crippen molar-refractivity contribution in [2.24, 2.45) is 0 Å². The fourth-order valence-corrected chi connectivity index (χ4v) is 0.930. The molecule has 0 aliphatic rings. The van der Waals surface area contributed by atoms with Gasteiger partial charge >= 0.3 is 5.97 Å². The third kappa shape index (κ3) is 2.80. The lowest BCUT2D eigenvalue weighted by molar-refractivity contribution is 0.0601. The first kappa shape index (κ1) is 11.4. The standard InChI is InChI=1S/C8H9O2P.ClH/c1-10-8(9)6-2-4-7(11)5-3-6;/h2-5H,11H2,1H3;1H. The monoisotopic (exact) mass is 204 g/mol. The van der Waals surface area contributed by atoms with E-state index in [4.69, 9.17) is 0 Å². The zero-order valence-corrected chi connectivity index (χ0v) is 8.58. The number of hydrogen-bond donors (Lipinski definition) is 0. The van der Waals surface area contributed by atoms with Crippen LogP contribution in [0.2, 0.25) is 0 Å². The van der Waals surface area contributed by atoms with E-state index in [2.05, 4.69) is 14.0 Å². The molecule has 0 bridgehead atoms. The minimum atomic E-state index is -0.296. The second-order valence-corrected chi connectivity index (χ2v) is 2.78. The summed E-state index contributed by atoms with van der Waals surface area (Å²) in [6, 6.07) is 7.15. The molecule has 66 valence electrons. The Bertz CT molecular complexity index is 258. The molecule has 4 heteroatoms. The minimum absolute atomic E-state index is 0. The highest BCUT2D eigenvalue weighted by Gasteiger charge is 2.01. The van der Waals surface area contributed by atoms with Crippen LogP contribution in [-0.2, 0) is 4.74 Å². The molecule has 1 atom stereocenters. The smallest absolute Gasteiger partial charge is 0.337 e. The Balaban J connectivity index is 0.00000121. The molecule has 0 N–H and O–H groups in total. The molecular formula is C8H10ClO2P. The van der Waals surface area contributed by atoms with Crippen LogP contribution in [0.25, 0.3) is 0 Å². The summed E-state index contributed by atoms with van der Waals surface area (Å²) in [5.74, 6) is -0.296. The molecular weight excluding hydrogens is 195 g/mol. The number of carbonyl (C=O) groups excluding carboxylic acids is 1. The normalized spacial score (nSPS) is 8.50. The molecule has 0 saturated heterocycles. The Hall–Kier alpha value is -0.590. The van der Waals surface area contributed by atoms with Gasteiger partial charge < -0.3 is 4.74 Å². The first-order valence-corrected chi connectivity index (χ1v) is 3.75. The minimum Gasteiger partial charge on any atom is -0.465 e. The predicted octanol–water partition coefficient (Wildman–Crippen LogP) is 1.40. The van der Waals surface area contributed by atoms with Crippen LogP contribution in [0.5, 0.6) is 0 Å². The molecule has 0 radical (unpaired) electrons. The first-order chi connectivity index (χ1) is 5.24. The van der Waals surface area contributed by atoms with Crippen LogP contribution >= 0.6 is 21.6 Å². The van der Waals surface area contributed by atoms with Gasteiger partial charge in [0.25, 0.3) is 0 Å². The molecule has 0 fully saturated rings. The van der Waals surface area contributed by atoms with Gasteiger partial charge in [-0.05, 0) is 17.4 Å². The molecule has 2 nitrogen and oxygen atoms in total. The molecule has 0 aliphatic heterocycles. The lowest BCUT2D eigenvalue weighted by Crippen LogP contribution is -2.02. The Morgan fingerprint density at radius 1 is 1.33 bits per heavy atom. The van der Waals surface area contributed by atoms with Crippen molar-refractivity contribution >= 4 is 32.9 Å². The summed E-state index contributed by atoms with van der Waals surface area (Å²) < 4.78 is 4.53. The van der Waals surface area contributed by atoms with E-state index in [0.717, 1.165) is 5.30 Å². The number of rotatable bonds is 1. The van der Waals surface area contributed by atoms with Gasteiger partial charge in [0, 0.05) is 0 Å². The number of hydrogen-bond acceptors (Lipinski definition) is 2. The van der Waals surface area contributed by atoms with E-state index < -0.39 is 0 Å². The van der Waals surface area contributed by atoms with E-state index >= 15 is 0 Å². The van der Waals surface area contributed by atoms with Gasteiger partial charge in [0.1, 0.15) is 0 Å². The summed E-state index contributed by atoms with van der Waals surface area (Å²) in [4.78, 5) is 10.9. The van der Waals surface area contributed by atoms with Gasteiger partial charge in [0.15, 0.2) is 0 Å². The van der Waals surface area contributed by atoms with E-state index in [-0.39, 0.29) is 18.4 Å². The maximum atomic E-state index is 10.9. The van der Waals surface area contributed by atoms with Crippen molar-refractivity contribution in [3.63, 3.8) is 0 Å². The van der Waals surface area contributed by atoms with E-state index in [0.29, 0.717) is 5.56 Å². The third-order valence-corrected chi connectivity index (χ3v) is 1.72. The Kier molecular flexibility index (Phi) is 4.87. The van der Waals surface area contributed by atoms with E-state index in [1.807, 2.05) is 12.1 Å². The summed E-state index contributed by atoms with van der Waals surface area (Å²) in [6.45, 7) is 0. The summed E-state index contributed by atoms with van der Waals surface area (Å²) in [7, 11) is 3.92. The van der Waals surface area contributed by atoms with Crippen LogP contribution in [0, 0.1) is 0 Å². The molecule has 0 aliphatic carbocycles. The number of halogens is 1. The summed E-state index contributed by atoms with van der Waals surface area (Å²) in [6.07, 6.45) is 0. The second kappa shape index (κ2) is 5.13. The molecule has 1 rings (SSSR count). The largest absolute Gasteiger partial charge is 0.465 e. The topological polar surface area (TPSA) is 26.3 Å². The predicted molar refractivity (Wildman–Crippen MR) is 54.4 cm³/mol. The van der Waals surface area contributed by atoms with Crippen LogP contribution in [0.1, 0.15) is 10.4 Å². The average molecular weight is 205 g/mol. The van der Waals surface area contributed by atoms with Crippen molar-refractivity contribution in [3.05, 3.63) is 29.8 Å². The highest BCUT2D eigenvalue weighted by Crippen LogP contribution is 2.00. The lowest BCUT2D eigenvalue weighted by atomic mass is 10.2. The van der Waals surface area contributed by atoms with Crippen molar-refractivity contribution in [2.75, 3.05) is 7.11 Å². The molecule has 1 aromatic carbocycles. The van der Waals surface area contributed by atoms with Gasteiger partial charge in [-0.1, -0.05) is 12.1 Å². The van der Waals surface area contributed by atoms with E-state index in [1.54, 1.807) is 12.1 Å². The molecule has 0 saturated carbocycles. The quantitative estimate of drug-likeness (QED) is 0.511. The maximum Gasteiger partial charge on any atom is 0.337 e. The van der Waals surface area contributed by atoms with Crippen molar-refractivity contribution < 1.29 is 9.53 Å². The van der Waals surface area contributed by atoms with Crippen molar-refractivity contribution in [2.45, 2.75) is 0 Å². The second-order valence-electron chi connectivity index (χ2n) is 2.11. The maximum absolute atomic E-state index is 10.9. The molecule has 1 unspecified atom stereocenters. The number of methoxy groups -OCH3 is 1. The Labute approximate surface area is 79.9 Å². The van der Waals surface area contributed by atoms with Gasteiger partial charge in [-0.15, -0.1) is 21.6 Å². The molecule has 0 spiro atoms. The molecule has 12 heavy (non-hydrogen) atoms. The number of benzene rings is 1. The highest BCUT2D eigenvalue weighted by molar-refractivity contribution is 7.27. The number of carbonyl (C=O) groups is 1. The lowest BCUT2D eigenvalue weighted by Gasteiger charge is -1.97. The number of esters is 1. The van der Waals surface area contributed by atoms with Crippen LogP contribution in [-0.4, -0.2) is 13.1 Å². The zero-order valence-electron chi connectivity index (χ0n) is 6.61. The Morgan fingerprint density at radius 2 is 1.83 bits per heavy atom. The number of ether oxygens (including phenoxy) is 1. The summed E-state index contributed by atoms with van der Waals surface area (Å²) in [5, 5.41) is 1.05. The third-order valence-electron chi connectivity index (χ3n) is 1.33. The van der Waals surface area contributed by atoms with Crippen LogP contribution in [0.3, 0.4) is 0 Å². The van der Waals surface area contributed by atoms with Gasteiger partial charge in [-0.3, -0.25) is 0 Å². The SMILES string of the molecule is COC(=O)c1ccc(P)cc1.Cl. The van der Waals surface area contributed by atoms with Crippen molar-refractivity contribution in [3.8, 4) is 0 Å². The van der Waals surface area contributed by atoms with E-state index in [9.17, 15) is 4.79 Å². The van der Waals surface area contributed by atoms with Crippen LogP contribution < -0.4 is 5.30 Å². The highest BCUT2D eigenvalue weighted by atomic mass is 35.5. The Morgan fingerprint density at radius 3 is 2.25 bits per heavy atom. The van der Waals surface area contributed by atoms with Crippen molar-refractivity contribution in [1.29, 1.82) is 0 Å². The van der Waals surface area contributed by atoms with Crippen molar-refractivity contribution in [1.82, 2.24) is 0 Å². The summed E-state index contributed by atoms with van der Waals surface area (Å²) >= 11 is 0. The van der Waals surface area contributed by atoms with Gasteiger partial charge in [-0.25, -0.2) is 4.79 Å². The fraction of sp³-hybridized carbons (Fsp3) is 0.125.